The van der Waals surface area contributed by atoms with E-state index in [9.17, 15) is 9.59 Å². The molecule has 0 bridgehead atoms. The highest BCUT2D eigenvalue weighted by atomic mass is 32.1. The van der Waals surface area contributed by atoms with Crippen molar-refractivity contribution in [3.63, 3.8) is 0 Å². The molecule has 138 valence electrons. The molecule has 0 saturated heterocycles. The molecular weight excluding hydrogens is 364 g/mol. The summed E-state index contributed by atoms with van der Waals surface area (Å²) in [6.45, 7) is 2.91. The van der Waals surface area contributed by atoms with Crippen molar-refractivity contribution in [2.24, 2.45) is 0 Å². The SMILES string of the molecule is CCCN(Cc1nc2ccsc2c(=O)[nH]1)C(=O)Cn1nnc2ccccc21. The van der Waals surface area contributed by atoms with Crippen LogP contribution in [0.3, 0.4) is 0 Å². The maximum Gasteiger partial charge on any atom is 0.268 e. The summed E-state index contributed by atoms with van der Waals surface area (Å²) in [6, 6.07) is 9.33. The van der Waals surface area contributed by atoms with Gasteiger partial charge in [-0.3, -0.25) is 9.59 Å². The standard InChI is InChI=1S/C18H18N6O2S/c1-2-8-23(10-15-19-13-7-9-27-17(13)18(26)20-15)16(25)11-24-14-6-4-3-5-12(14)21-22-24/h3-7,9H,2,8,10-11H2,1H3,(H,19,20,26). The van der Waals surface area contributed by atoms with Crippen LogP contribution in [-0.2, 0) is 17.9 Å². The normalized spacial score (nSPS) is 11.3. The molecule has 4 rings (SSSR count). The molecule has 0 fully saturated rings. The third-order valence-corrected chi connectivity index (χ3v) is 5.16. The molecule has 27 heavy (non-hydrogen) atoms. The Morgan fingerprint density at radius 2 is 2.11 bits per heavy atom. The van der Waals surface area contributed by atoms with E-state index in [2.05, 4.69) is 20.3 Å². The number of aromatic amines is 1. The minimum absolute atomic E-state index is 0.0887. The number of nitrogens with zero attached hydrogens (tertiary/aromatic N) is 5. The second-order valence-electron chi connectivity index (χ2n) is 6.20. The molecule has 0 aliphatic heterocycles. The Balaban J connectivity index is 1.57. The third-order valence-electron chi connectivity index (χ3n) is 4.26. The number of rotatable bonds is 6. The van der Waals surface area contributed by atoms with Gasteiger partial charge in [-0.15, -0.1) is 16.4 Å². The van der Waals surface area contributed by atoms with Gasteiger partial charge in [0, 0.05) is 6.54 Å². The number of hydrogen-bond acceptors (Lipinski definition) is 6. The Kier molecular flexibility index (Phi) is 4.68. The highest BCUT2D eigenvalue weighted by Crippen LogP contribution is 2.15. The van der Waals surface area contributed by atoms with Gasteiger partial charge in [-0.25, -0.2) is 9.67 Å². The molecule has 0 spiro atoms. The molecule has 1 N–H and O–H groups in total. The van der Waals surface area contributed by atoms with Crippen LogP contribution in [0.5, 0.6) is 0 Å². The molecule has 1 aromatic carbocycles. The van der Waals surface area contributed by atoms with Crippen LogP contribution in [0.4, 0.5) is 0 Å². The van der Waals surface area contributed by atoms with E-state index in [1.807, 2.05) is 42.6 Å². The summed E-state index contributed by atoms with van der Waals surface area (Å²) < 4.78 is 2.19. The van der Waals surface area contributed by atoms with Crippen LogP contribution in [0.1, 0.15) is 19.2 Å². The number of para-hydroxylation sites is 1. The average molecular weight is 382 g/mol. The van der Waals surface area contributed by atoms with Gasteiger partial charge in [-0.2, -0.15) is 0 Å². The Hall–Kier alpha value is -3.07. The van der Waals surface area contributed by atoms with E-state index in [-0.39, 0.29) is 24.6 Å². The average Bonchev–Trinajstić information content (AvgIpc) is 3.29. The van der Waals surface area contributed by atoms with Crippen molar-refractivity contribution >= 4 is 38.5 Å². The van der Waals surface area contributed by atoms with Gasteiger partial charge in [0.25, 0.3) is 5.56 Å². The zero-order valence-corrected chi connectivity index (χ0v) is 15.6. The van der Waals surface area contributed by atoms with Gasteiger partial charge >= 0.3 is 0 Å². The molecule has 0 radical (unpaired) electrons. The van der Waals surface area contributed by atoms with Gasteiger partial charge in [0.2, 0.25) is 5.91 Å². The smallest absolute Gasteiger partial charge is 0.268 e. The lowest BCUT2D eigenvalue weighted by Crippen LogP contribution is -2.35. The predicted octanol–water partition coefficient (Wildman–Crippen LogP) is 2.17. The topological polar surface area (TPSA) is 96.8 Å². The van der Waals surface area contributed by atoms with Gasteiger partial charge in [-0.1, -0.05) is 24.3 Å². The summed E-state index contributed by atoms with van der Waals surface area (Å²) in [5.41, 5.74) is 2.05. The second-order valence-corrected chi connectivity index (χ2v) is 7.11. The predicted molar refractivity (Wildman–Crippen MR) is 103 cm³/mol. The molecule has 3 heterocycles. The van der Waals surface area contributed by atoms with Crippen LogP contribution in [0.15, 0.2) is 40.5 Å². The van der Waals surface area contributed by atoms with E-state index in [1.165, 1.54) is 11.3 Å². The second kappa shape index (κ2) is 7.28. The Labute approximate surface area is 158 Å². The number of aromatic nitrogens is 5. The van der Waals surface area contributed by atoms with Crippen LogP contribution in [-0.4, -0.2) is 42.3 Å². The fourth-order valence-electron chi connectivity index (χ4n) is 3.00. The summed E-state index contributed by atoms with van der Waals surface area (Å²) in [4.78, 5) is 34.0. The summed E-state index contributed by atoms with van der Waals surface area (Å²) in [6.07, 6.45) is 0.800. The molecule has 8 nitrogen and oxygen atoms in total. The first-order valence-corrected chi connectivity index (χ1v) is 9.56. The van der Waals surface area contributed by atoms with Crippen LogP contribution in [0.2, 0.25) is 0 Å². The molecule has 9 heteroatoms. The molecule has 3 aromatic heterocycles. The van der Waals surface area contributed by atoms with Crippen LogP contribution >= 0.6 is 11.3 Å². The van der Waals surface area contributed by atoms with Crippen molar-refractivity contribution in [1.29, 1.82) is 0 Å². The molecular formula is C18H18N6O2S. The minimum atomic E-state index is -0.170. The zero-order chi connectivity index (χ0) is 18.8. The first-order chi connectivity index (χ1) is 13.2. The molecule has 4 aromatic rings. The van der Waals surface area contributed by atoms with Crippen LogP contribution in [0, 0.1) is 0 Å². The fourth-order valence-corrected chi connectivity index (χ4v) is 3.73. The first kappa shape index (κ1) is 17.3. The van der Waals surface area contributed by atoms with Gasteiger partial charge in [0.05, 0.1) is 17.6 Å². The molecule has 0 saturated carbocycles. The van der Waals surface area contributed by atoms with Crippen LogP contribution < -0.4 is 5.56 Å². The monoisotopic (exact) mass is 382 g/mol. The lowest BCUT2D eigenvalue weighted by Gasteiger charge is -2.21. The van der Waals surface area contributed by atoms with Crippen molar-refractivity contribution in [1.82, 2.24) is 29.9 Å². The van der Waals surface area contributed by atoms with Crippen molar-refractivity contribution in [3.05, 3.63) is 51.9 Å². The van der Waals surface area contributed by atoms with E-state index in [0.717, 1.165) is 17.5 Å². The number of nitrogens with one attached hydrogen (secondary N) is 1. The third kappa shape index (κ3) is 3.45. The largest absolute Gasteiger partial charge is 0.334 e. The molecule has 0 aliphatic carbocycles. The number of thiophene rings is 1. The van der Waals surface area contributed by atoms with Crippen molar-refractivity contribution in [3.8, 4) is 0 Å². The first-order valence-electron chi connectivity index (χ1n) is 8.68. The maximum absolute atomic E-state index is 12.9. The number of benzene rings is 1. The van der Waals surface area contributed by atoms with Crippen molar-refractivity contribution in [2.45, 2.75) is 26.4 Å². The molecule has 0 unspecified atom stereocenters. The van der Waals surface area contributed by atoms with E-state index in [0.29, 0.717) is 22.6 Å². The minimum Gasteiger partial charge on any atom is -0.334 e. The van der Waals surface area contributed by atoms with Gasteiger partial charge in [0.15, 0.2) is 0 Å². The van der Waals surface area contributed by atoms with E-state index in [4.69, 9.17) is 0 Å². The van der Waals surface area contributed by atoms with Gasteiger partial charge < -0.3 is 9.88 Å². The van der Waals surface area contributed by atoms with Gasteiger partial charge in [-0.05, 0) is 30.0 Å². The number of H-pyrrole nitrogens is 1. The van der Waals surface area contributed by atoms with Crippen LogP contribution in [0.25, 0.3) is 21.3 Å². The number of carbonyl (C=O) groups is 1. The molecule has 1 amide bonds. The summed E-state index contributed by atoms with van der Waals surface area (Å²) in [7, 11) is 0. The van der Waals surface area contributed by atoms with Crippen molar-refractivity contribution in [2.75, 3.05) is 6.54 Å². The number of amides is 1. The summed E-state index contributed by atoms with van der Waals surface area (Å²) in [5.74, 6) is 0.386. The highest BCUT2D eigenvalue weighted by molar-refractivity contribution is 7.17. The molecule has 0 atom stereocenters. The Morgan fingerprint density at radius 1 is 1.26 bits per heavy atom. The number of carbonyl (C=O) groups excluding carboxylic acids is 1. The highest BCUT2D eigenvalue weighted by Gasteiger charge is 2.17. The van der Waals surface area contributed by atoms with E-state index in [1.54, 1.807) is 9.58 Å². The Bertz CT molecular complexity index is 1160. The zero-order valence-electron chi connectivity index (χ0n) is 14.8. The fraction of sp³-hybridized carbons (Fsp3) is 0.278. The lowest BCUT2D eigenvalue weighted by molar-refractivity contribution is -0.132. The Morgan fingerprint density at radius 3 is 2.96 bits per heavy atom. The van der Waals surface area contributed by atoms with Gasteiger partial charge in [0.1, 0.15) is 22.6 Å². The van der Waals surface area contributed by atoms with Crippen molar-refractivity contribution < 1.29 is 4.79 Å². The van der Waals surface area contributed by atoms with E-state index < -0.39 is 0 Å². The quantitative estimate of drug-likeness (QED) is 0.551. The molecule has 0 aliphatic rings. The maximum atomic E-state index is 12.9. The summed E-state index contributed by atoms with van der Waals surface area (Å²) in [5, 5.41) is 10.00. The number of fused-ring (bicyclic) bond motifs is 2. The van der Waals surface area contributed by atoms with E-state index >= 15 is 0 Å². The lowest BCUT2D eigenvalue weighted by atomic mass is 10.3. The summed E-state index contributed by atoms with van der Waals surface area (Å²) >= 11 is 1.36. The number of hydrogen-bond donors (Lipinski definition) is 1.